The molecule has 5 rings (SSSR count). The Bertz CT molecular complexity index is 1720. The molecular formula is C31H24BrN3O3S. The third kappa shape index (κ3) is 5.92. The predicted octanol–water partition coefficient (Wildman–Crippen LogP) is 6.69. The van der Waals surface area contributed by atoms with Crippen molar-refractivity contribution in [3.05, 3.63) is 135 Å². The number of hydrazone groups is 1. The van der Waals surface area contributed by atoms with Gasteiger partial charge in [0.05, 0.1) is 16.7 Å². The van der Waals surface area contributed by atoms with Crippen molar-refractivity contribution in [2.24, 2.45) is 10.8 Å². The molecule has 0 spiro atoms. The van der Waals surface area contributed by atoms with E-state index in [-0.39, 0.29) is 22.8 Å². The van der Waals surface area contributed by atoms with Crippen molar-refractivity contribution in [2.75, 3.05) is 0 Å². The summed E-state index contributed by atoms with van der Waals surface area (Å²) < 4.78 is 6.63. The van der Waals surface area contributed by atoms with Gasteiger partial charge >= 0.3 is 5.63 Å². The maximum atomic E-state index is 13.3. The molecule has 8 heteroatoms. The van der Waals surface area contributed by atoms with Crippen molar-refractivity contribution in [2.45, 2.75) is 12.3 Å². The molecule has 39 heavy (non-hydrogen) atoms. The van der Waals surface area contributed by atoms with Crippen molar-refractivity contribution >= 4 is 49.9 Å². The first-order chi connectivity index (χ1) is 18.9. The lowest BCUT2D eigenvalue weighted by atomic mass is 9.85. The number of thiocarbonyl (C=S) groups is 1. The lowest BCUT2D eigenvalue weighted by molar-refractivity contribution is 0.452. The summed E-state index contributed by atoms with van der Waals surface area (Å²) in [5.41, 5.74) is 12.6. The maximum Gasteiger partial charge on any atom is 0.343 e. The molecule has 194 valence electrons. The minimum absolute atomic E-state index is 0.0170. The standard InChI is InChI=1S/C31H24BrN3O3S/c32-23-16-14-20(15-17-23)19-10-12-22(13-11-19)26(34-35-31(33)39)18-25(21-6-2-1-3-7-21)28-29(36)24-8-4-5-9-27(24)38-30(28)37/h1-17,25,36H,18H2,(H3,33,35,39)/b34-26+/t25-/m0/s1. The molecule has 0 saturated carbocycles. The molecule has 0 aliphatic heterocycles. The number of nitrogens with zero attached hydrogens (tertiary/aromatic N) is 1. The first kappa shape index (κ1) is 26.3. The van der Waals surface area contributed by atoms with Crippen molar-refractivity contribution in [3.8, 4) is 16.9 Å². The molecule has 0 bridgehead atoms. The van der Waals surface area contributed by atoms with Crippen LogP contribution in [0, 0.1) is 0 Å². The number of para-hydroxylation sites is 1. The Balaban J connectivity index is 1.60. The molecule has 0 fully saturated rings. The third-order valence-electron chi connectivity index (χ3n) is 6.46. The number of hydrogen-bond acceptors (Lipinski definition) is 5. The molecule has 4 N–H and O–H groups in total. The lowest BCUT2D eigenvalue weighted by Crippen LogP contribution is -2.26. The van der Waals surface area contributed by atoms with Gasteiger partial charge < -0.3 is 15.3 Å². The summed E-state index contributed by atoms with van der Waals surface area (Å²) in [6, 6.07) is 32.4. The van der Waals surface area contributed by atoms with Crippen molar-refractivity contribution in [3.63, 3.8) is 0 Å². The van der Waals surface area contributed by atoms with Gasteiger partial charge in [0.1, 0.15) is 11.3 Å². The van der Waals surface area contributed by atoms with Gasteiger partial charge in [-0.15, -0.1) is 0 Å². The number of nitrogens with two attached hydrogens (primary N) is 1. The summed E-state index contributed by atoms with van der Waals surface area (Å²) in [7, 11) is 0. The van der Waals surface area contributed by atoms with E-state index < -0.39 is 11.5 Å². The quantitative estimate of drug-likeness (QED) is 0.0836. The van der Waals surface area contributed by atoms with E-state index in [2.05, 4.69) is 26.5 Å². The zero-order valence-corrected chi connectivity index (χ0v) is 23.1. The van der Waals surface area contributed by atoms with Crippen LogP contribution in [0.4, 0.5) is 0 Å². The second-order valence-electron chi connectivity index (χ2n) is 8.93. The second-order valence-corrected chi connectivity index (χ2v) is 10.3. The average Bonchev–Trinajstić information content (AvgIpc) is 2.95. The predicted molar refractivity (Wildman–Crippen MR) is 163 cm³/mol. The van der Waals surface area contributed by atoms with E-state index in [4.69, 9.17) is 22.4 Å². The minimum atomic E-state index is -0.604. The molecule has 0 radical (unpaired) electrons. The van der Waals surface area contributed by atoms with Gasteiger partial charge in [0, 0.05) is 16.8 Å². The molecule has 0 aliphatic rings. The van der Waals surface area contributed by atoms with Crippen molar-refractivity contribution in [1.29, 1.82) is 0 Å². The number of aromatic hydroxyl groups is 1. The molecule has 4 aromatic carbocycles. The largest absolute Gasteiger partial charge is 0.507 e. The van der Waals surface area contributed by atoms with Gasteiger partial charge in [-0.3, -0.25) is 5.43 Å². The van der Waals surface area contributed by atoms with Crippen molar-refractivity contribution in [1.82, 2.24) is 5.43 Å². The topological polar surface area (TPSA) is 101 Å². The van der Waals surface area contributed by atoms with Gasteiger partial charge in [-0.25, -0.2) is 4.79 Å². The fourth-order valence-electron chi connectivity index (χ4n) is 4.57. The number of rotatable bonds is 7. The van der Waals surface area contributed by atoms with Gasteiger partial charge in [-0.1, -0.05) is 94.8 Å². The summed E-state index contributed by atoms with van der Waals surface area (Å²) in [6.45, 7) is 0. The van der Waals surface area contributed by atoms with Crippen LogP contribution in [0.5, 0.6) is 5.75 Å². The summed E-state index contributed by atoms with van der Waals surface area (Å²) in [5.74, 6) is -0.673. The Labute approximate surface area is 238 Å². The maximum absolute atomic E-state index is 13.3. The lowest BCUT2D eigenvalue weighted by Gasteiger charge is -2.20. The Kier molecular flexibility index (Phi) is 7.86. The number of fused-ring (bicyclic) bond motifs is 1. The SMILES string of the molecule is NC(=S)N/N=C(\C[C@@H](c1ccccc1)c1c(O)c2ccccc2oc1=O)c1ccc(-c2ccc(Br)cc2)cc1. The van der Waals surface area contributed by atoms with Gasteiger partial charge in [0.2, 0.25) is 0 Å². The van der Waals surface area contributed by atoms with E-state index in [1.54, 1.807) is 24.3 Å². The summed E-state index contributed by atoms with van der Waals surface area (Å²) in [6.07, 6.45) is 0.258. The van der Waals surface area contributed by atoms with Crippen LogP contribution >= 0.6 is 28.1 Å². The molecular weight excluding hydrogens is 574 g/mol. The Morgan fingerprint density at radius 1 is 0.923 bits per heavy atom. The van der Waals surface area contributed by atoms with Gasteiger partial charge in [0.15, 0.2) is 5.11 Å². The van der Waals surface area contributed by atoms with E-state index in [0.29, 0.717) is 16.7 Å². The molecule has 0 saturated heterocycles. The summed E-state index contributed by atoms with van der Waals surface area (Å²) >= 11 is 8.48. The normalized spacial score (nSPS) is 12.3. The molecule has 0 amide bonds. The smallest absolute Gasteiger partial charge is 0.343 e. The minimum Gasteiger partial charge on any atom is -0.507 e. The highest BCUT2D eigenvalue weighted by Crippen LogP contribution is 2.37. The molecule has 1 aromatic heterocycles. The molecule has 6 nitrogen and oxygen atoms in total. The first-order valence-electron chi connectivity index (χ1n) is 12.2. The molecule has 0 unspecified atom stereocenters. The molecule has 1 atom stereocenters. The van der Waals surface area contributed by atoms with Crippen LogP contribution in [0.1, 0.15) is 29.0 Å². The van der Waals surface area contributed by atoms with Crippen LogP contribution in [0.25, 0.3) is 22.1 Å². The fourth-order valence-corrected chi connectivity index (χ4v) is 4.88. The van der Waals surface area contributed by atoms with Gasteiger partial charge in [-0.05, 0) is 58.7 Å². The van der Waals surface area contributed by atoms with Gasteiger partial charge in [0.25, 0.3) is 0 Å². The second kappa shape index (κ2) is 11.6. The number of benzene rings is 4. The number of halogens is 1. The van der Waals surface area contributed by atoms with E-state index in [1.165, 1.54) is 0 Å². The fraction of sp³-hybridized carbons (Fsp3) is 0.0645. The first-order valence-corrected chi connectivity index (χ1v) is 13.4. The molecule has 5 aromatic rings. The summed E-state index contributed by atoms with van der Waals surface area (Å²) in [5, 5.41) is 16.3. The highest BCUT2D eigenvalue weighted by Gasteiger charge is 2.27. The highest BCUT2D eigenvalue weighted by atomic mass is 79.9. The highest BCUT2D eigenvalue weighted by molar-refractivity contribution is 9.10. The van der Waals surface area contributed by atoms with Crippen molar-refractivity contribution < 1.29 is 9.52 Å². The summed E-state index contributed by atoms with van der Waals surface area (Å²) in [4.78, 5) is 13.3. The molecule has 1 heterocycles. The molecule has 0 aliphatic carbocycles. The third-order valence-corrected chi connectivity index (χ3v) is 7.08. The van der Waals surface area contributed by atoms with Crippen LogP contribution in [0.2, 0.25) is 0 Å². The van der Waals surface area contributed by atoms with E-state index in [1.807, 2.05) is 78.9 Å². The van der Waals surface area contributed by atoms with Crippen LogP contribution in [-0.2, 0) is 0 Å². The van der Waals surface area contributed by atoms with Gasteiger partial charge in [-0.2, -0.15) is 5.10 Å². The van der Waals surface area contributed by atoms with Crippen LogP contribution in [-0.4, -0.2) is 15.9 Å². The number of hydrogen-bond donors (Lipinski definition) is 3. The Hall–Kier alpha value is -4.27. The zero-order valence-electron chi connectivity index (χ0n) is 20.7. The van der Waals surface area contributed by atoms with E-state index >= 15 is 0 Å². The van der Waals surface area contributed by atoms with Crippen LogP contribution in [0.15, 0.2) is 122 Å². The van der Waals surface area contributed by atoms with E-state index in [9.17, 15) is 9.90 Å². The average molecular weight is 599 g/mol. The Morgan fingerprint density at radius 2 is 1.54 bits per heavy atom. The van der Waals surface area contributed by atoms with E-state index in [0.717, 1.165) is 26.7 Å². The monoisotopic (exact) mass is 597 g/mol. The Morgan fingerprint density at radius 3 is 2.21 bits per heavy atom. The number of nitrogens with one attached hydrogen (secondary N) is 1. The zero-order chi connectivity index (χ0) is 27.4. The van der Waals surface area contributed by atoms with Crippen LogP contribution < -0.4 is 16.8 Å². The van der Waals surface area contributed by atoms with Crippen LogP contribution in [0.3, 0.4) is 0 Å².